The molecule has 2 heteroatoms. The molecular formula is C14H16BP. The lowest BCUT2D eigenvalue weighted by atomic mass is 10.2. The molecule has 0 saturated carbocycles. The second-order valence-electron chi connectivity index (χ2n) is 4.14. The SMILES string of the molecule is BP(Cc1ccccc1)Cc1ccccc1. The number of rotatable bonds is 4. The van der Waals surface area contributed by atoms with E-state index in [1.165, 1.54) is 23.5 Å². The van der Waals surface area contributed by atoms with E-state index < -0.39 is 0 Å². The first kappa shape index (κ1) is 11.4. The Kier molecular flexibility index (Phi) is 4.19. The largest absolute Gasteiger partial charge is 0.140 e. The van der Waals surface area contributed by atoms with Gasteiger partial charge in [-0.2, -0.15) is 0 Å². The van der Waals surface area contributed by atoms with Crippen LogP contribution in [0, 0.1) is 0 Å². The Morgan fingerprint density at radius 1 is 0.688 bits per heavy atom. The molecule has 0 aliphatic carbocycles. The van der Waals surface area contributed by atoms with Gasteiger partial charge in [-0.3, -0.25) is 0 Å². The molecule has 2 aromatic carbocycles. The third-order valence-corrected chi connectivity index (χ3v) is 4.40. The van der Waals surface area contributed by atoms with Gasteiger partial charge in [-0.05, 0) is 23.5 Å². The van der Waals surface area contributed by atoms with Gasteiger partial charge in [0.05, 0.1) is 0 Å². The van der Waals surface area contributed by atoms with Gasteiger partial charge in [0.2, 0.25) is 0 Å². The monoisotopic (exact) mass is 226 g/mol. The molecule has 0 spiro atoms. The predicted octanol–water partition coefficient (Wildman–Crippen LogP) is 3.42. The first-order chi connectivity index (χ1) is 7.84. The molecule has 0 atom stereocenters. The van der Waals surface area contributed by atoms with E-state index in [1.807, 2.05) is 0 Å². The van der Waals surface area contributed by atoms with E-state index in [-0.39, 0.29) is 7.80 Å². The summed E-state index contributed by atoms with van der Waals surface area (Å²) in [7, 11) is 2.45. The van der Waals surface area contributed by atoms with Crippen LogP contribution in [0.15, 0.2) is 60.7 Å². The fourth-order valence-corrected chi connectivity index (χ4v) is 3.63. The zero-order valence-corrected chi connectivity index (χ0v) is 10.5. The molecule has 2 aromatic rings. The molecule has 0 fully saturated rings. The minimum absolute atomic E-state index is 0.0669. The summed E-state index contributed by atoms with van der Waals surface area (Å²) in [5.74, 6) is 0. The molecule has 0 N–H and O–H groups in total. The minimum atomic E-state index is 0.0669. The van der Waals surface area contributed by atoms with E-state index in [2.05, 4.69) is 68.2 Å². The van der Waals surface area contributed by atoms with Crippen LogP contribution in [0.5, 0.6) is 0 Å². The second kappa shape index (κ2) is 5.87. The molecule has 0 saturated heterocycles. The predicted molar refractivity (Wildman–Crippen MR) is 75.8 cm³/mol. The summed E-state index contributed by atoms with van der Waals surface area (Å²) >= 11 is 0. The number of benzene rings is 2. The lowest BCUT2D eigenvalue weighted by molar-refractivity contribution is 1.34. The first-order valence-corrected chi connectivity index (χ1v) is 7.77. The highest BCUT2D eigenvalue weighted by atomic mass is 31.1. The van der Waals surface area contributed by atoms with Crippen molar-refractivity contribution in [3.8, 4) is 0 Å². The maximum atomic E-state index is 2.38. The van der Waals surface area contributed by atoms with Gasteiger partial charge >= 0.3 is 0 Å². The van der Waals surface area contributed by atoms with Gasteiger partial charge in [0, 0.05) is 0 Å². The van der Waals surface area contributed by atoms with E-state index in [9.17, 15) is 0 Å². The molecule has 0 amide bonds. The summed E-state index contributed by atoms with van der Waals surface area (Å²) in [6.07, 6.45) is 2.45. The molecule has 0 unspecified atom stereocenters. The Hall–Kier alpha value is -1.07. The third-order valence-electron chi connectivity index (χ3n) is 2.59. The van der Waals surface area contributed by atoms with Crippen LogP contribution < -0.4 is 0 Å². The molecule has 0 radical (unpaired) electrons. The van der Waals surface area contributed by atoms with Crippen molar-refractivity contribution >= 4 is 15.4 Å². The van der Waals surface area contributed by atoms with Crippen molar-refractivity contribution in [1.29, 1.82) is 0 Å². The smallest absolute Gasteiger partial charge is 0.135 e. The van der Waals surface area contributed by atoms with Crippen LogP contribution in [-0.4, -0.2) is 7.57 Å². The van der Waals surface area contributed by atoms with Gasteiger partial charge in [0.25, 0.3) is 0 Å². The lowest BCUT2D eigenvalue weighted by Crippen LogP contribution is -1.88. The van der Waals surface area contributed by atoms with E-state index in [0.29, 0.717) is 0 Å². The normalized spacial score (nSPS) is 10.6. The van der Waals surface area contributed by atoms with Crippen molar-refractivity contribution in [3.05, 3.63) is 71.8 Å². The molecule has 16 heavy (non-hydrogen) atoms. The van der Waals surface area contributed by atoms with Crippen LogP contribution >= 0.6 is 7.80 Å². The highest BCUT2D eigenvalue weighted by Crippen LogP contribution is 2.37. The van der Waals surface area contributed by atoms with Crippen molar-refractivity contribution in [2.75, 3.05) is 0 Å². The van der Waals surface area contributed by atoms with Gasteiger partial charge in [0.1, 0.15) is 7.57 Å². The topological polar surface area (TPSA) is 0 Å². The zero-order valence-electron chi connectivity index (χ0n) is 9.63. The van der Waals surface area contributed by atoms with E-state index in [1.54, 1.807) is 0 Å². The Bertz CT molecular complexity index is 372. The quantitative estimate of drug-likeness (QED) is 0.553. The molecule has 0 aliphatic rings. The van der Waals surface area contributed by atoms with Gasteiger partial charge in [-0.15, -0.1) is 7.80 Å². The van der Waals surface area contributed by atoms with Crippen LogP contribution in [0.4, 0.5) is 0 Å². The standard InChI is InChI=1S/C14H16BP/c15-16(11-13-7-3-1-4-8-13)12-14-9-5-2-6-10-14/h1-10H,11-12,15H2. The van der Waals surface area contributed by atoms with E-state index in [0.717, 1.165) is 0 Å². The van der Waals surface area contributed by atoms with Gasteiger partial charge < -0.3 is 0 Å². The van der Waals surface area contributed by atoms with Crippen molar-refractivity contribution in [1.82, 2.24) is 0 Å². The van der Waals surface area contributed by atoms with Crippen molar-refractivity contribution in [2.24, 2.45) is 0 Å². The molecule has 80 valence electrons. The average Bonchev–Trinajstić information content (AvgIpc) is 2.31. The molecule has 0 heterocycles. The summed E-state index contributed by atoms with van der Waals surface area (Å²) in [5.41, 5.74) is 2.93. The Balaban J connectivity index is 1.92. The molecule has 0 nitrogen and oxygen atoms in total. The Morgan fingerprint density at radius 3 is 1.44 bits per heavy atom. The third kappa shape index (κ3) is 3.50. The lowest BCUT2D eigenvalue weighted by Gasteiger charge is -2.12. The first-order valence-electron chi connectivity index (χ1n) is 5.61. The molecule has 0 aliphatic heterocycles. The van der Waals surface area contributed by atoms with Gasteiger partial charge in [-0.25, -0.2) is 0 Å². The fourth-order valence-electron chi connectivity index (χ4n) is 1.85. The van der Waals surface area contributed by atoms with Crippen molar-refractivity contribution in [2.45, 2.75) is 12.3 Å². The maximum Gasteiger partial charge on any atom is 0.135 e. The number of hydrogen-bond acceptors (Lipinski definition) is 0. The highest BCUT2D eigenvalue weighted by Gasteiger charge is 2.03. The number of hydrogen-bond donors (Lipinski definition) is 0. The van der Waals surface area contributed by atoms with Crippen LogP contribution in [0.2, 0.25) is 0 Å². The summed E-state index contributed by atoms with van der Waals surface area (Å²) in [6, 6.07) is 21.6. The van der Waals surface area contributed by atoms with E-state index >= 15 is 0 Å². The summed E-state index contributed by atoms with van der Waals surface area (Å²) in [6.45, 7) is 0. The van der Waals surface area contributed by atoms with Crippen LogP contribution in [0.1, 0.15) is 11.1 Å². The Labute approximate surface area is 99.8 Å². The molecule has 0 aromatic heterocycles. The van der Waals surface area contributed by atoms with Crippen LogP contribution in [0.3, 0.4) is 0 Å². The zero-order chi connectivity index (χ0) is 11.2. The Morgan fingerprint density at radius 2 is 1.06 bits per heavy atom. The average molecular weight is 226 g/mol. The summed E-state index contributed by atoms with van der Waals surface area (Å²) < 4.78 is 0. The van der Waals surface area contributed by atoms with Crippen LogP contribution in [-0.2, 0) is 12.3 Å². The maximum absolute atomic E-state index is 2.38. The summed E-state index contributed by atoms with van der Waals surface area (Å²) in [5, 5.41) is 0. The van der Waals surface area contributed by atoms with Gasteiger partial charge in [0.15, 0.2) is 0 Å². The molecule has 2 rings (SSSR count). The van der Waals surface area contributed by atoms with Crippen LogP contribution in [0.25, 0.3) is 0 Å². The fraction of sp³-hybridized carbons (Fsp3) is 0.143. The summed E-state index contributed by atoms with van der Waals surface area (Å²) in [4.78, 5) is 0. The minimum Gasteiger partial charge on any atom is -0.140 e. The highest BCUT2D eigenvalue weighted by molar-refractivity contribution is 7.80. The van der Waals surface area contributed by atoms with Crippen molar-refractivity contribution < 1.29 is 0 Å². The molecule has 0 bridgehead atoms. The van der Waals surface area contributed by atoms with Gasteiger partial charge in [-0.1, -0.05) is 60.7 Å². The van der Waals surface area contributed by atoms with Crippen molar-refractivity contribution in [3.63, 3.8) is 0 Å². The second-order valence-corrected chi connectivity index (χ2v) is 6.49. The molecular weight excluding hydrogens is 210 g/mol. The van der Waals surface area contributed by atoms with E-state index in [4.69, 9.17) is 0 Å².